The number of hydrogen-bond acceptors (Lipinski definition) is 0. The summed E-state index contributed by atoms with van der Waals surface area (Å²) < 4.78 is 2.40. The van der Waals surface area contributed by atoms with Crippen molar-refractivity contribution in [1.29, 1.82) is 0 Å². The number of hydrogen-bond donors (Lipinski definition) is 0. The number of aromatic nitrogens is 1. The molecule has 0 bridgehead atoms. The van der Waals surface area contributed by atoms with Gasteiger partial charge in [0.1, 0.15) is 0 Å². The zero-order chi connectivity index (χ0) is 12.8. The lowest BCUT2D eigenvalue weighted by atomic mass is 9.76. The van der Waals surface area contributed by atoms with E-state index in [1.807, 2.05) is 0 Å². The van der Waals surface area contributed by atoms with E-state index in [9.17, 15) is 0 Å². The molecule has 1 aromatic carbocycles. The van der Waals surface area contributed by atoms with E-state index in [0.29, 0.717) is 0 Å². The van der Waals surface area contributed by atoms with Crippen LogP contribution in [0, 0.1) is 12.3 Å². The molecular formula is C16H23N. The molecule has 0 saturated carbocycles. The standard InChI is InChI=1S/C16H23N/c1-12-7-8-14-13(11-12)9-10-17(14)16(5,6)15(2,3)4/h7-11H,1-6H3. The summed E-state index contributed by atoms with van der Waals surface area (Å²) in [7, 11) is 0. The Morgan fingerprint density at radius 2 is 1.59 bits per heavy atom. The van der Waals surface area contributed by atoms with E-state index in [2.05, 4.69) is 76.6 Å². The third-order valence-corrected chi connectivity index (χ3v) is 4.28. The first-order chi connectivity index (χ1) is 7.73. The highest BCUT2D eigenvalue weighted by molar-refractivity contribution is 5.81. The average Bonchev–Trinajstić information content (AvgIpc) is 2.58. The Morgan fingerprint density at radius 1 is 0.941 bits per heavy atom. The summed E-state index contributed by atoms with van der Waals surface area (Å²) in [6.07, 6.45) is 2.22. The molecule has 2 aromatic rings. The lowest BCUT2D eigenvalue weighted by Gasteiger charge is -2.41. The van der Waals surface area contributed by atoms with Crippen molar-refractivity contribution < 1.29 is 0 Å². The number of fused-ring (bicyclic) bond motifs is 1. The Kier molecular flexibility index (Phi) is 2.61. The minimum absolute atomic E-state index is 0.101. The number of nitrogens with zero attached hydrogens (tertiary/aromatic N) is 1. The van der Waals surface area contributed by atoms with Gasteiger partial charge in [0.05, 0.1) is 0 Å². The van der Waals surface area contributed by atoms with E-state index in [0.717, 1.165) is 0 Å². The Hall–Kier alpha value is -1.24. The molecule has 0 atom stereocenters. The molecule has 0 amide bonds. The Labute approximate surface area is 104 Å². The van der Waals surface area contributed by atoms with Crippen LogP contribution in [-0.4, -0.2) is 4.57 Å². The maximum absolute atomic E-state index is 2.40. The molecule has 17 heavy (non-hydrogen) atoms. The molecule has 92 valence electrons. The molecule has 0 aliphatic carbocycles. The van der Waals surface area contributed by atoms with Gasteiger partial charge >= 0.3 is 0 Å². The van der Waals surface area contributed by atoms with Gasteiger partial charge in [-0.25, -0.2) is 0 Å². The number of benzene rings is 1. The summed E-state index contributed by atoms with van der Waals surface area (Å²) in [5.74, 6) is 0. The van der Waals surface area contributed by atoms with Crippen LogP contribution in [0.2, 0.25) is 0 Å². The first-order valence-corrected chi connectivity index (χ1v) is 6.32. The van der Waals surface area contributed by atoms with Gasteiger partial charge in [-0.1, -0.05) is 32.4 Å². The van der Waals surface area contributed by atoms with Crippen molar-refractivity contribution in [2.45, 2.75) is 47.1 Å². The summed E-state index contributed by atoms with van der Waals surface area (Å²) >= 11 is 0. The molecule has 0 N–H and O–H groups in total. The zero-order valence-corrected chi connectivity index (χ0v) is 11.8. The van der Waals surface area contributed by atoms with Crippen molar-refractivity contribution in [3.05, 3.63) is 36.0 Å². The predicted octanol–water partition coefficient (Wildman–Crippen LogP) is 4.73. The van der Waals surface area contributed by atoms with E-state index >= 15 is 0 Å². The lowest BCUT2D eigenvalue weighted by Crippen LogP contribution is -2.39. The quantitative estimate of drug-likeness (QED) is 0.666. The smallest absolute Gasteiger partial charge is 0.0485 e. The molecule has 1 aromatic heterocycles. The summed E-state index contributed by atoms with van der Waals surface area (Å²) in [6.45, 7) is 13.7. The Morgan fingerprint density at radius 3 is 2.18 bits per heavy atom. The second kappa shape index (κ2) is 3.63. The van der Waals surface area contributed by atoms with E-state index in [4.69, 9.17) is 0 Å². The lowest BCUT2D eigenvalue weighted by molar-refractivity contribution is 0.145. The van der Waals surface area contributed by atoms with Crippen LogP contribution < -0.4 is 0 Å². The molecule has 0 radical (unpaired) electrons. The third-order valence-electron chi connectivity index (χ3n) is 4.28. The highest BCUT2D eigenvalue weighted by atomic mass is 15.1. The van der Waals surface area contributed by atoms with Gasteiger partial charge < -0.3 is 4.57 Å². The normalized spacial score (nSPS) is 13.3. The third kappa shape index (κ3) is 1.88. The number of aryl methyl sites for hydroxylation is 1. The highest BCUT2D eigenvalue weighted by Crippen LogP contribution is 2.38. The van der Waals surface area contributed by atoms with Crippen LogP contribution in [0.3, 0.4) is 0 Å². The van der Waals surface area contributed by atoms with Crippen LogP contribution in [0.15, 0.2) is 30.5 Å². The van der Waals surface area contributed by atoms with Gasteiger partial charge in [0.15, 0.2) is 0 Å². The topological polar surface area (TPSA) is 4.93 Å². The van der Waals surface area contributed by atoms with Crippen molar-refractivity contribution >= 4 is 10.9 Å². The molecule has 1 heteroatoms. The van der Waals surface area contributed by atoms with Gasteiger partial charge in [-0.05, 0) is 49.8 Å². The van der Waals surface area contributed by atoms with Crippen molar-refractivity contribution in [1.82, 2.24) is 4.57 Å². The van der Waals surface area contributed by atoms with E-state index < -0.39 is 0 Å². The summed E-state index contributed by atoms with van der Waals surface area (Å²) in [6, 6.07) is 8.90. The predicted molar refractivity (Wildman–Crippen MR) is 75.5 cm³/mol. The van der Waals surface area contributed by atoms with E-state index in [1.54, 1.807) is 0 Å². The molecule has 0 unspecified atom stereocenters. The van der Waals surface area contributed by atoms with E-state index in [1.165, 1.54) is 16.5 Å². The van der Waals surface area contributed by atoms with Gasteiger partial charge in [0, 0.05) is 17.3 Å². The molecule has 1 heterocycles. The van der Waals surface area contributed by atoms with Crippen LogP contribution >= 0.6 is 0 Å². The fraction of sp³-hybridized carbons (Fsp3) is 0.500. The van der Waals surface area contributed by atoms with Gasteiger partial charge in [0.25, 0.3) is 0 Å². The minimum atomic E-state index is 0.101. The van der Waals surface area contributed by atoms with Crippen LogP contribution in [0.4, 0.5) is 0 Å². The van der Waals surface area contributed by atoms with E-state index in [-0.39, 0.29) is 11.0 Å². The monoisotopic (exact) mass is 229 g/mol. The molecular weight excluding hydrogens is 206 g/mol. The first kappa shape index (κ1) is 12.2. The summed E-state index contributed by atoms with van der Waals surface area (Å²) in [5.41, 5.74) is 2.98. The Bertz CT molecular complexity index is 538. The molecule has 0 fully saturated rings. The maximum atomic E-state index is 2.40. The second-order valence-corrected chi connectivity index (χ2v) is 6.56. The fourth-order valence-electron chi connectivity index (χ4n) is 2.11. The van der Waals surface area contributed by atoms with Crippen molar-refractivity contribution in [2.75, 3.05) is 0 Å². The van der Waals surface area contributed by atoms with Crippen molar-refractivity contribution in [3.63, 3.8) is 0 Å². The second-order valence-electron chi connectivity index (χ2n) is 6.56. The fourth-order valence-corrected chi connectivity index (χ4v) is 2.11. The van der Waals surface area contributed by atoms with Gasteiger partial charge in [0.2, 0.25) is 0 Å². The molecule has 0 aliphatic heterocycles. The Balaban J connectivity index is 2.65. The zero-order valence-electron chi connectivity index (χ0n) is 11.8. The highest BCUT2D eigenvalue weighted by Gasteiger charge is 2.34. The van der Waals surface area contributed by atoms with Crippen molar-refractivity contribution in [2.24, 2.45) is 5.41 Å². The largest absolute Gasteiger partial charge is 0.341 e. The van der Waals surface area contributed by atoms with Gasteiger partial charge in [-0.3, -0.25) is 0 Å². The minimum Gasteiger partial charge on any atom is -0.341 e. The average molecular weight is 229 g/mol. The number of rotatable bonds is 1. The molecule has 0 saturated heterocycles. The van der Waals surface area contributed by atoms with Crippen LogP contribution in [0.25, 0.3) is 10.9 Å². The summed E-state index contributed by atoms with van der Waals surface area (Å²) in [5, 5.41) is 1.34. The van der Waals surface area contributed by atoms with Crippen molar-refractivity contribution in [3.8, 4) is 0 Å². The van der Waals surface area contributed by atoms with Gasteiger partial charge in [-0.15, -0.1) is 0 Å². The SMILES string of the molecule is Cc1ccc2c(ccn2C(C)(C)C(C)(C)C)c1. The first-order valence-electron chi connectivity index (χ1n) is 6.32. The molecule has 0 spiro atoms. The van der Waals surface area contributed by atoms with Gasteiger partial charge in [-0.2, -0.15) is 0 Å². The van der Waals surface area contributed by atoms with Crippen LogP contribution in [-0.2, 0) is 5.54 Å². The van der Waals surface area contributed by atoms with Crippen LogP contribution in [0.1, 0.15) is 40.2 Å². The maximum Gasteiger partial charge on any atom is 0.0485 e. The molecule has 0 aliphatic rings. The molecule has 2 rings (SSSR count). The summed E-state index contributed by atoms with van der Waals surface area (Å²) in [4.78, 5) is 0. The van der Waals surface area contributed by atoms with Crippen LogP contribution in [0.5, 0.6) is 0 Å². The molecule has 1 nitrogen and oxygen atoms in total.